The van der Waals surface area contributed by atoms with Crippen LogP contribution in [-0.2, 0) is 4.74 Å². The third kappa shape index (κ3) is 7.82. The van der Waals surface area contributed by atoms with Gasteiger partial charge in [-0.3, -0.25) is 4.99 Å². The molecule has 0 radical (unpaired) electrons. The van der Waals surface area contributed by atoms with Gasteiger partial charge >= 0.3 is 0 Å². The van der Waals surface area contributed by atoms with Gasteiger partial charge in [0.2, 0.25) is 0 Å². The van der Waals surface area contributed by atoms with Crippen LogP contribution in [-0.4, -0.2) is 52.5 Å². The number of hydrogen-bond donors (Lipinski definition) is 2. The first-order chi connectivity index (χ1) is 12.2. The standard InChI is InChI=1S/C19H29N3O3.HI/c1-15(25-18-7-5-4-6-17(18)23-3)14-22-19(20-2)21-11-8-16-9-12-24-13-10-16;/h4-7,9,15H,8,10-14H2,1-3H3,(H2,20,21,22);1H. The van der Waals surface area contributed by atoms with Gasteiger partial charge in [-0.25, -0.2) is 0 Å². The Hall–Kier alpha value is -1.48. The molecule has 6 nitrogen and oxygen atoms in total. The topological polar surface area (TPSA) is 64.1 Å². The lowest BCUT2D eigenvalue weighted by atomic mass is 10.1. The van der Waals surface area contributed by atoms with Crippen LogP contribution in [0.2, 0.25) is 0 Å². The molecule has 0 aromatic heterocycles. The van der Waals surface area contributed by atoms with E-state index in [1.807, 2.05) is 31.2 Å². The summed E-state index contributed by atoms with van der Waals surface area (Å²) in [5.74, 6) is 2.26. The van der Waals surface area contributed by atoms with E-state index in [1.54, 1.807) is 14.2 Å². The summed E-state index contributed by atoms with van der Waals surface area (Å²) in [5, 5.41) is 6.63. The maximum Gasteiger partial charge on any atom is 0.191 e. The molecule has 0 fully saturated rings. The van der Waals surface area contributed by atoms with Crippen molar-refractivity contribution in [3.05, 3.63) is 35.9 Å². The molecule has 0 saturated heterocycles. The summed E-state index contributed by atoms with van der Waals surface area (Å²) in [5.41, 5.74) is 1.45. The number of nitrogens with zero attached hydrogens (tertiary/aromatic N) is 1. The van der Waals surface area contributed by atoms with Crippen molar-refractivity contribution in [3.63, 3.8) is 0 Å². The van der Waals surface area contributed by atoms with Crippen LogP contribution in [0.25, 0.3) is 0 Å². The molecule has 1 aromatic rings. The number of para-hydroxylation sites is 2. The van der Waals surface area contributed by atoms with E-state index < -0.39 is 0 Å². The Morgan fingerprint density at radius 3 is 2.69 bits per heavy atom. The summed E-state index contributed by atoms with van der Waals surface area (Å²) in [6.45, 7) is 5.08. The van der Waals surface area contributed by atoms with E-state index in [0.29, 0.717) is 6.54 Å². The second-order valence-corrected chi connectivity index (χ2v) is 5.90. The Morgan fingerprint density at radius 2 is 2.04 bits per heavy atom. The van der Waals surface area contributed by atoms with Crippen molar-refractivity contribution in [1.29, 1.82) is 0 Å². The molecule has 0 spiro atoms. The van der Waals surface area contributed by atoms with Crippen molar-refractivity contribution in [2.75, 3.05) is 40.5 Å². The number of methoxy groups -OCH3 is 1. The van der Waals surface area contributed by atoms with E-state index in [-0.39, 0.29) is 30.1 Å². The van der Waals surface area contributed by atoms with Gasteiger partial charge in [0.25, 0.3) is 0 Å². The van der Waals surface area contributed by atoms with Gasteiger partial charge in [-0.2, -0.15) is 0 Å². The minimum absolute atomic E-state index is 0. The van der Waals surface area contributed by atoms with Crippen LogP contribution in [0.5, 0.6) is 11.5 Å². The normalized spacial score (nSPS) is 15.3. The predicted octanol–water partition coefficient (Wildman–Crippen LogP) is 2.98. The first-order valence-electron chi connectivity index (χ1n) is 8.72. The predicted molar refractivity (Wildman–Crippen MR) is 116 cm³/mol. The average Bonchev–Trinajstić information content (AvgIpc) is 2.65. The smallest absolute Gasteiger partial charge is 0.191 e. The van der Waals surface area contributed by atoms with Crippen LogP contribution < -0.4 is 20.1 Å². The molecule has 7 heteroatoms. The van der Waals surface area contributed by atoms with E-state index in [0.717, 1.165) is 50.1 Å². The number of nitrogens with one attached hydrogen (secondary N) is 2. The fourth-order valence-electron chi connectivity index (χ4n) is 2.57. The lowest BCUT2D eigenvalue weighted by Crippen LogP contribution is -2.42. The zero-order valence-electron chi connectivity index (χ0n) is 15.8. The molecule has 2 rings (SSSR count). The van der Waals surface area contributed by atoms with Crippen LogP contribution in [0.1, 0.15) is 19.8 Å². The molecule has 1 aromatic carbocycles. The van der Waals surface area contributed by atoms with Gasteiger partial charge in [-0.05, 0) is 31.9 Å². The highest BCUT2D eigenvalue weighted by atomic mass is 127. The number of halogens is 1. The minimum Gasteiger partial charge on any atom is -0.493 e. The van der Waals surface area contributed by atoms with Gasteiger partial charge in [0.1, 0.15) is 6.10 Å². The Balaban J connectivity index is 0.00000338. The molecule has 0 saturated carbocycles. The van der Waals surface area contributed by atoms with Crippen molar-refractivity contribution >= 4 is 29.9 Å². The molecule has 1 aliphatic rings. The van der Waals surface area contributed by atoms with E-state index in [2.05, 4.69) is 21.7 Å². The summed E-state index contributed by atoms with van der Waals surface area (Å²) in [4.78, 5) is 4.25. The fraction of sp³-hybridized carbons (Fsp3) is 0.526. The summed E-state index contributed by atoms with van der Waals surface area (Å²) in [6, 6.07) is 7.66. The van der Waals surface area contributed by atoms with Crippen LogP contribution in [0.4, 0.5) is 0 Å². The van der Waals surface area contributed by atoms with Gasteiger partial charge in [-0.1, -0.05) is 23.8 Å². The molecule has 0 amide bonds. The van der Waals surface area contributed by atoms with Crippen molar-refractivity contribution in [3.8, 4) is 11.5 Å². The largest absolute Gasteiger partial charge is 0.493 e. The van der Waals surface area contributed by atoms with Gasteiger partial charge < -0.3 is 24.8 Å². The second-order valence-electron chi connectivity index (χ2n) is 5.90. The molecule has 0 bridgehead atoms. The van der Waals surface area contributed by atoms with E-state index in [1.165, 1.54) is 5.57 Å². The number of benzene rings is 1. The van der Waals surface area contributed by atoms with Crippen molar-refractivity contribution in [1.82, 2.24) is 10.6 Å². The molecule has 146 valence electrons. The molecule has 0 aliphatic carbocycles. The zero-order valence-corrected chi connectivity index (χ0v) is 18.1. The number of ether oxygens (including phenoxy) is 3. The monoisotopic (exact) mass is 475 g/mol. The van der Waals surface area contributed by atoms with Crippen LogP contribution in [0, 0.1) is 0 Å². The summed E-state index contributed by atoms with van der Waals surface area (Å²) < 4.78 is 16.6. The third-order valence-corrected chi connectivity index (χ3v) is 3.97. The Labute approximate surface area is 173 Å². The first-order valence-corrected chi connectivity index (χ1v) is 8.72. The van der Waals surface area contributed by atoms with Gasteiger partial charge in [0, 0.05) is 13.6 Å². The summed E-state index contributed by atoms with van der Waals surface area (Å²) >= 11 is 0. The highest BCUT2D eigenvalue weighted by molar-refractivity contribution is 14.0. The molecule has 1 unspecified atom stereocenters. The third-order valence-electron chi connectivity index (χ3n) is 3.97. The molecule has 1 atom stereocenters. The SMILES string of the molecule is CN=C(NCCC1=CCOCC1)NCC(C)Oc1ccccc1OC.I. The highest BCUT2D eigenvalue weighted by Gasteiger charge is 2.09. The lowest BCUT2D eigenvalue weighted by Gasteiger charge is -2.19. The minimum atomic E-state index is -0.0203. The molecule has 2 N–H and O–H groups in total. The number of guanidine groups is 1. The number of rotatable bonds is 8. The van der Waals surface area contributed by atoms with Crippen molar-refractivity contribution < 1.29 is 14.2 Å². The first kappa shape index (κ1) is 22.6. The maximum absolute atomic E-state index is 5.94. The summed E-state index contributed by atoms with van der Waals surface area (Å²) in [7, 11) is 3.42. The van der Waals surface area contributed by atoms with Gasteiger partial charge in [0.15, 0.2) is 17.5 Å². The highest BCUT2D eigenvalue weighted by Crippen LogP contribution is 2.26. The van der Waals surface area contributed by atoms with Gasteiger partial charge in [-0.15, -0.1) is 24.0 Å². The number of aliphatic imine (C=N–C) groups is 1. The molecular formula is C19H30IN3O3. The maximum atomic E-state index is 5.94. The van der Waals surface area contributed by atoms with E-state index in [9.17, 15) is 0 Å². The summed E-state index contributed by atoms with van der Waals surface area (Å²) in [6.07, 6.45) is 4.19. The van der Waals surface area contributed by atoms with Gasteiger partial charge in [0.05, 0.1) is 26.9 Å². The molecule has 1 aliphatic heterocycles. The molecule has 1 heterocycles. The average molecular weight is 475 g/mol. The van der Waals surface area contributed by atoms with Crippen molar-refractivity contribution in [2.45, 2.75) is 25.9 Å². The molecular weight excluding hydrogens is 445 g/mol. The van der Waals surface area contributed by atoms with E-state index >= 15 is 0 Å². The number of hydrogen-bond acceptors (Lipinski definition) is 4. The second kappa shape index (κ2) is 12.8. The van der Waals surface area contributed by atoms with E-state index in [4.69, 9.17) is 14.2 Å². The zero-order chi connectivity index (χ0) is 17.9. The van der Waals surface area contributed by atoms with Crippen LogP contribution in [0.3, 0.4) is 0 Å². The Kier molecular flexibility index (Phi) is 11.1. The lowest BCUT2D eigenvalue weighted by molar-refractivity contribution is 0.153. The Morgan fingerprint density at radius 1 is 1.27 bits per heavy atom. The van der Waals surface area contributed by atoms with Crippen LogP contribution >= 0.6 is 24.0 Å². The van der Waals surface area contributed by atoms with Crippen LogP contribution in [0.15, 0.2) is 40.9 Å². The Bertz CT molecular complexity index is 593. The van der Waals surface area contributed by atoms with Crippen molar-refractivity contribution in [2.24, 2.45) is 4.99 Å². The fourth-order valence-corrected chi connectivity index (χ4v) is 2.57. The quantitative estimate of drug-likeness (QED) is 0.262. The molecule has 26 heavy (non-hydrogen) atoms.